The van der Waals surface area contributed by atoms with Gasteiger partial charge in [-0.1, -0.05) is 41.9 Å². The molecule has 0 bridgehead atoms. The van der Waals surface area contributed by atoms with Crippen LogP contribution in [0.3, 0.4) is 0 Å². The number of hydrogen-bond acceptors (Lipinski definition) is 3. The predicted molar refractivity (Wildman–Crippen MR) is 84.0 cm³/mol. The summed E-state index contributed by atoms with van der Waals surface area (Å²) in [6.07, 6.45) is 0. The van der Waals surface area contributed by atoms with Crippen LogP contribution in [0.15, 0.2) is 42.5 Å². The first-order valence-electron chi connectivity index (χ1n) is 6.36. The monoisotopic (exact) mass is 308 g/mol. The minimum absolute atomic E-state index is 0.0308. The highest BCUT2D eigenvalue weighted by molar-refractivity contribution is 7.16. The number of rotatable bonds is 5. The lowest BCUT2D eigenvalue weighted by atomic mass is 9.98. The van der Waals surface area contributed by atoms with Crippen LogP contribution >= 0.6 is 22.9 Å². The van der Waals surface area contributed by atoms with E-state index in [0.29, 0.717) is 13.1 Å². The molecule has 0 saturated carbocycles. The fraction of sp³-hybridized carbons (Fsp3) is 0.267. The Hall–Kier alpha value is -1.36. The van der Waals surface area contributed by atoms with Gasteiger partial charge in [0.05, 0.1) is 16.8 Å². The summed E-state index contributed by atoms with van der Waals surface area (Å²) in [6.45, 7) is 0.859. The number of hydrogen-bond donors (Lipinski definition) is 1. The average Bonchev–Trinajstić information content (AvgIpc) is 2.86. The lowest BCUT2D eigenvalue weighted by molar-refractivity contribution is -0.131. The summed E-state index contributed by atoms with van der Waals surface area (Å²) in [7, 11) is 1.79. The maximum Gasteiger partial charge on any atom is 0.231 e. The maximum absolute atomic E-state index is 12.5. The number of carbonyl (C=O) groups is 1. The molecule has 2 aromatic rings. The molecule has 1 aromatic heterocycles. The molecule has 106 valence electrons. The first-order chi connectivity index (χ1) is 9.61. The van der Waals surface area contributed by atoms with Crippen molar-refractivity contribution in [3.05, 3.63) is 57.2 Å². The average molecular weight is 309 g/mol. The zero-order valence-corrected chi connectivity index (χ0v) is 12.8. The lowest BCUT2D eigenvalue weighted by Gasteiger charge is -2.22. The minimum Gasteiger partial charge on any atom is -0.340 e. The van der Waals surface area contributed by atoms with E-state index < -0.39 is 0 Å². The number of benzene rings is 1. The Kier molecular flexibility index (Phi) is 5.17. The predicted octanol–water partition coefficient (Wildman–Crippen LogP) is 3.10. The van der Waals surface area contributed by atoms with E-state index in [1.54, 1.807) is 11.9 Å². The molecule has 1 aromatic carbocycles. The first kappa shape index (κ1) is 15.0. The molecule has 0 aliphatic heterocycles. The summed E-state index contributed by atoms with van der Waals surface area (Å²) in [6, 6.07) is 13.4. The second-order valence-electron chi connectivity index (χ2n) is 4.60. The number of likely N-dealkylation sites (N-methyl/N-ethyl adjacent to an activating group) is 1. The molecule has 0 aliphatic rings. The van der Waals surface area contributed by atoms with Crippen molar-refractivity contribution in [1.82, 2.24) is 4.90 Å². The second-order valence-corrected chi connectivity index (χ2v) is 6.40. The maximum atomic E-state index is 12.5. The van der Waals surface area contributed by atoms with E-state index >= 15 is 0 Å². The van der Waals surface area contributed by atoms with Gasteiger partial charge in [0.2, 0.25) is 5.91 Å². The number of nitrogens with two attached hydrogens (primary N) is 1. The van der Waals surface area contributed by atoms with Gasteiger partial charge in [-0.25, -0.2) is 0 Å². The largest absolute Gasteiger partial charge is 0.340 e. The quantitative estimate of drug-likeness (QED) is 0.922. The third-order valence-electron chi connectivity index (χ3n) is 3.13. The van der Waals surface area contributed by atoms with Gasteiger partial charge in [0.1, 0.15) is 0 Å². The molecule has 0 saturated heterocycles. The SMILES string of the molecule is CN(Cc1ccc(Cl)s1)C(=O)C(CN)c1ccccc1. The molecule has 0 radical (unpaired) electrons. The van der Waals surface area contributed by atoms with Gasteiger partial charge in [0, 0.05) is 18.5 Å². The van der Waals surface area contributed by atoms with E-state index in [2.05, 4.69) is 0 Å². The fourth-order valence-corrected chi connectivity index (χ4v) is 3.22. The topological polar surface area (TPSA) is 46.3 Å². The van der Waals surface area contributed by atoms with Crippen LogP contribution in [0.25, 0.3) is 0 Å². The summed E-state index contributed by atoms with van der Waals surface area (Å²) >= 11 is 7.39. The van der Waals surface area contributed by atoms with Gasteiger partial charge >= 0.3 is 0 Å². The van der Waals surface area contributed by atoms with Gasteiger partial charge in [0.25, 0.3) is 0 Å². The second kappa shape index (κ2) is 6.88. The van der Waals surface area contributed by atoms with Gasteiger partial charge in [-0.2, -0.15) is 0 Å². The molecule has 1 amide bonds. The Morgan fingerprint density at radius 1 is 1.30 bits per heavy atom. The van der Waals surface area contributed by atoms with Crippen LogP contribution in [0.4, 0.5) is 0 Å². The third kappa shape index (κ3) is 3.60. The number of carbonyl (C=O) groups excluding carboxylic acids is 1. The highest BCUT2D eigenvalue weighted by Crippen LogP contribution is 2.24. The number of thiophene rings is 1. The molecule has 0 spiro atoms. The van der Waals surface area contributed by atoms with Crippen molar-refractivity contribution in [2.45, 2.75) is 12.5 Å². The van der Waals surface area contributed by atoms with Gasteiger partial charge in [-0.3, -0.25) is 4.79 Å². The molecular weight excluding hydrogens is 292 g/mol. The standard InChI is InChI=1S/C15H17ClN2OS/c1-18(10-12-7-8-14(16)20-12)15(19)13(9-17)11-5-3-2-4-6-11/h2-8,13H,9-10,17H2,1H3. The van der Waals surface area contributed by atoms with Crippen molar-refractivity contribution in [3.63, 3.8) is 0 Å². The van der Waals surface area contributed by atoms with Crippen LogP contribution in [0.1, 0.15) is 16.4 Å². The molecule has 3 nitrogen and oxygen atoms in total. The van der Waals surface area contributed by atoms with E-state index in [1.165, 1.54) is 11.3 Å². The summed E-state index contributed by atoms with van der Waals surface area (Å²) < 4.78 is 0.735. The molecule has 1 unspecified atom stereocenters. The Labute approximate surface area is 128 Å². The van der Waals surface area contributed by atoms with Crippen LogP contribution in [-0.2, 0) is 11.3 Å². The zero-order valence-electron chi connectivity index (χ0n) is 11.3. The van der Waals surface area contributed by atoms with Crippen LogP contribution < -0.4 is 5.73 Å². The van der Waals surface area contributed by atoms with E-state index in [-0.39, 0.29) is 11.8 Å². The molecule has 5 heteroatoms. The molecule has 2 N–H and O–H groups in total. The van der Waals surface area contributed by atoms with Gasteiger partial charge < -0.3 is 10.6 Å². The molecular formula is C15H17ClN2OS. The molecule has 20 heavy (non-hydrogen) atoms. The van der Waals surface area contributed by atoms with Crippen LogP contribution in [0.5, 0.6) is 0 Å². The highest BCUT2D eigenvalue weighted by atomic mass is 35.5. The van der Waals surface area contributed by atoms with Crippen molar-refractivity contribution >= 4 is 28.8 Å². The summed E-state index contributed by atoms with van der Waals surface area (Å²) in [5.41, 5.74) is 6.73. The third-order valence-corrected chi connectivity index (χ3v) is 4.35. The Bertz CT molecular complexity index is 570. The number of amides is 1. The van der Waals surface area contributed by atoms with Gasteiger partial charge in [0.15, 0.2) is 0 Å². The van der Waals surface area contributed by atoms with Crippen molar-refractivity contribution in [2.75, 3.05) is 13.6 Å². The zero-order chi connectivity index (χ0) is 14.5. The van der Waals surface area contributed by atoms with Gasteiger partial charge in [-0.15, -0.1) is 11.3 Å². The summed E-state index contributed by atoms with van der Waals surface area (Å²) in [5, 5.41) is 0. The molecule has 0 aliphatic carbocycles. The number of nitrogens with zero attached hydrogens (tertiary/aromatic N) is 1. The molecule has 1 atom stereocenters. The molecule has 1 heterocycles. The smallest absolute Gasteiger partial charge is 0.231 e. The van der Waals surface area contributed by atoms with Gasteiger partial charge in [-0.05, 0) is 17.7 Å². The van der Waals surface area contributed by atoms with E-state index in [0.717, 1.165) is 14.8 Å². The van der Waals surface area contributed by atoms with E-state index in [9.17, 15) is 4.79 Å². The molecule has 0 fully saturated rings. The Morgan fingerprint density at radius 2 is 2.00 bits per heavy atom. The van der Waals surface area contributed by atoms with Crippen molar-refractivity contribution in [2.24, 2.45) is 5.73 Å². The van der Waals surface area contributed by atoms with Crippen molar-refractivity contribution in [1.29, 1.82) is 0 Å². The van der Waals surface area contributed by atoms with Crippen molar-refractivity contribution < 1.29 is 4.79 Å². The summed E-state index contributed by atoms with van der Waals surface area (Å²) in [5.74, 6) is -0.264. The molecule has 2 rings (SSSR count). The fourth-order valence-electron chi connectivity index (χ4n) is 2.08. The number of halogens is 1. The van der Waals surface area contributed by atoms with Crippen LogP contribution in [0, 0.1) is 0 Å². The highest BCUT2D eigenvalue weighted by Gasteiger charge is 2.22. The van der Waals surface area contributed by atoms with Crippen molar-refractivity contribution in [3.8, 4) is 0 Å². The van der Waals surface area contributed by atoms with Crippen LogP contribution in [-0.4, -0.2) is 24.4 Å². The normalized spacial score (nSPS) is 12.2. The Morgan fingerprint density at radius 3 is 2.55 bits per heavy atom. The Balaban J connectivity index is 2.08. The van der Waals surface area contributed by atoms with E-state index in [1.807, 2.05) is 42.5 Å². The first-order valence-corrected chi connectivity index (χ1v) is 7.55. The lowest BCUT2D eigenvalue weighted by Crippen LogP contribution is -2.34. The van der Waals surface area contributed by atoms with Crippen LogP contribution in [0.2, 0.25) is 4.34 Å². The minimum atomic E-state index is -0.295. The summed E-state index contributed by atoms with van der Waals surface area (Å²) in [4.78, 5) is 15.3. The van der Waals surface area contributed by atoms with E-state index in [4.69, 9.17) is 17.3 Å².